The van der Waals surface area contributed by atoms with Crippen molar-refractivity contribution in [3.05, 3.63) is 106 Å². The Balaban J connectivity index is 1.61. The molecule has 3 aromatic carbocycles. The monoisotopic (exact) mass is 382 g/mol. The van der Waals surface area contributed by atoms with E-state index in [-0.39, 0.29) is 5.78 Å². The van der Waals surface area contributed by atoms with Gasteiger partial charge in [0.05, 0.1) is 5.02 Å². The molecule has 4 heteroatoms. The number of carbonyl (C=O) groups excluding carboxylic acids is 1. The Labute approximate surface area is 162 Å². The van der Waals surface area contributed by atoms with Crippen molar-refractivity contribution in [2.45, 2.75) is 6.61 Å². The quantitative estimate of drug-likeness (QED) is 0.360. The van der Waals surface area contributed by atoms with Crippen molar-refractivity contribution in [3.63, 3.8) is 0 Å². The molecule has 130 valence electrons. The van der Waals surface area contributed by atoms with Crippen molar-refractivity contribution >= 4 is 35.1 Å². The van der Waals surface area contributed by atoms with Crippen LogP contribution in [0.1, 0.15) is 21.5 Å². The number of benzene rings is 3. The molecule has 0 atom stereocenters. The largest absolute Gasteiger partial charge is 0.489 e. The molecule has 0 saturated heterocycles. The summed E-state index contributed by atoms with van der Waals surface area (Å²) in [5.74, 6) is 0.606. The second-order valence-electron chi connectivity index (χ2n) is 5.67. The lowest BCUT2D eigenvalue weighted by Crippen LogP contribution is -1.95. The van der Waals surface area contributed by atoms with Gasteiger partial charge in [0.2, 0.25) is 0 Å². The van der Waals surface area contributed by atoms with E-state index in [1.807, 2.05) is 54.6 Å². The Morgan fingerprint density at radius 2 is 1.65 bits per heavy atom. The highest BCUT2D eigenvalue weighted by Crippen LogP contribution is 2.22. The highest BCUT2D eigenvalue weighted by atomic mass is 35.5. The summed E-state index contributed by atoms with van der Waals surface area (Å²) in [6.07, 6.45) is 3.24. The van der Waals surface area contributed by atoms with Crippen molar-refractivity contribution in [3.8, 4) is 5.75 Å². The Kier molecular flexibility index (Phi) is 6.11. The zero-order valence-corrected chi connectivity index (χ0v) is 15.4. The van der Waals surface area contributed by atoms with Gasteiger partial charge in [-0.3, -0.25) is 4.79 Å². The molecule has 0 spiro atoms. The number of carbonyl (C=O) groups is 1. The normalized spacial score (nSPS) is 10.8. The first-order valence-electron chi connectivity index (χ1n) is 8.06. The van der Waals surface area contributed by atoms with Crippen molar-refractivity contribution in [2.24, 2.45) is 0 Å². The molecule has 0 heterocycles. The van der Waals surface area contributed by atoms with Crippen LogP contribution in [0.15, 0.2) is 78.9 Å². The van der Waals surface area contributed by atoms with Crippen LogP contribution in [0.25, 0.3) is 6.08 Å². The highest BCUT2D eigenvalue weighted by molar-refractivity contribution is 6.37. The van der Waals surface area contributed by atoms with Crippen LogP contribution in [0, 0.1) is 0 Å². The summed E-state index contributed by atoms with van der Waals surface area (Å²) in [6.45, 7) is 0.517. The fourth-order valence-corrected chi connectivity index (χ4v) is 2.87. The van der Waals surface area contributed by atoms with Gasteiger partial charge in [-0.1, -0.05) is 71.7 Å². The van der Waals surface area contributed by atoms with Crippen molar-refractivity contribution in [1.82, 2.24) is 0 Å². The molecule has 3 rings (SSSR count). The molecule has 0 unspecified atom stereocenters. The smallest absolute Gasteiger partial charge is 0.187 e. The van der Waals surface area contributed by atoms with Crippen molar-refractivity contribution in [1.29, 1.82) is 0 Å². The predicted molar refractivity (Wildman–Crippen MR) is 107 cm³/mol. The molecule has 0 saturated carbocycles. The van der Waals surface area contributed by atoms with E-state index < -0.39 is 0 Å². The summed E-state index contributed by atoms with van der Waals surface area (Å²) >= 11 is 11.9. The summed E-state index contributed by atoms with van der Waals surface area (Å²) in [7, 11) is 0. The molecular formula is C22H16Cl2O2. The van der Waals surface area contributed by atoms with Crippen LogP contribution in [-0.4, -0.2) is 5.78 Å². The number of hydrogen-bond donors (Lipinski definition) is 0. The highest BCUT2D eigenvalue weighted by Gasteiger charge is 2.07. The van der Waals surface area contributed by atoms with Gasteiger partial charge in [-0.2, -0.15) is 0 Å². The average Bonchev–Trinajstić information content (AvgIpc) is 2.66. The van der Waals surface area contributed by atoms with Crippen LogP contribution >= 0.6 is 23.2 Å². The van der Waals surface area contributed by atoms with Crippen LogP contribution in [0.4, 0.5) is 0 Å². The van der Waals surface area contributed by atoms with Gasteiger partial charge >= 0.3 is 0 Å². The third-order valence-electron chi connectivity index (χ3n) is 3.75. The molecule has 0 bridgehead atoms. The number of halogens is 2. The Morgan fingerprint density at radius 1 is 0.923 bits per heavy atom. The number of allylic oxidation sites excluding steroid dienone is 1. The first kappa shape index (κ1) is 18.2. The Bertz CT molecular complexity index is 917. The van der Waals surface area contributed by atoms with Gasteiger partial charge in [-0.25, -0.2) is 0 Å². The number of rotatable bonds is 6. The Hall–Kier alpha value is -2.55. The van der Waals surface area contributed by atoms with E-state index in [0.29, 0.717) is 22.2 Å². The summed E-state index contributed by atoms with van der Waals surface area (Å²) in [6, 6.07) is 22.4. The third-order valence-corrected chi connectivity index (χ3v) is 4.30. The van der Waals surface area contributed by atoms with E-state index in [1.165, 1.54) is 6.08 Å². The van der Waals surface area contributed by atoms with Gasteiger partial charge in [0.15, 0.2) is 5.78 Å². The molecule has 0 N–H and O–H groups in total. The van der Waals surface area contributed by atoms with Gasteiger partial charge in [-0.05, 0) is 47.5 Å². The van der Waals surface area contributed by atoms with Crippen LogP contribution in [0.2, 0.25) is 10.0 Å². The van der Waals surface area contributed by atoms with Crippen LogP contribution in [0.5, 0.6) is 5.75 Å². The summed E-state index contributed by atoms with van der Waals surface area (Å²) in [5.41, 5.74) is 2.44. The van der Waals surface area contributed by atoms with E-state index >= 15 is 0 Å². The minimum atomic E-state index is -0.170. The van der Waals surface area contributed by atoms with E-state index in [2.05, 4.69) is 0 Å². The fraction of sp³-hybridized carbons (Fsp3) is 0.0455. The lowest BCUT2D eigenvalue weighted by Gasteiger charge is -2.06. The second-order valence-corrected chi connectivity index (χ2v) is 6.51. The molecule has 0 aromatic heterocycles. The van der Waals surface area contributed by atoms with Gasteiger partial charge in [-0.15, -0.1) is 0 Å². The minimum Gasteiger partial charge on any atom is -0.489 e. The fourth-order valence-electron chi connectivity index (χ4n) is 2.37. The van der Waals surface area contributed by atoms with Crippen LogP contribution in [0.3, 0.4) is 0 Å². The molecule has 0 radical (unpaired) electrons. The summed E-state index contributed by atoms with van der Waals surface area (Å²) < 4.78 is 5.75. The Morgan fingerprint density at radius 3 is 2.35 bits per heavy atom. The molecule has 0 aliphatic rings. The van der Waals surface area contributed by atoms with Gasteiger partial charge in [0.1, 0.15) is 12.4 Å². The minimum absolute atomic E-state index is 0.170. The zero-order chi connectivity index (χ0) is 18.4. The molecule has 2 nitrogen and oxygen atoms in total. The molecule has 3 aromatic rings. The van der Waals surface area contributed by atoms with Crippen molar-refractivity contribution < 1.29 is 9.53 Å². The number of hydrogen-bond acceptors (Lipinski definition) is 2. The lowest BCUT2D eigenvalue weighted by atomic mass is 10.1. The summed E-state index contributed by atoms with van der Waals surface area (Å²) in [4.78, 5) is 12.2. The standard InChI is InChI=1S/C22H16Cl2O2/c23-18-9-12-20(21(24)14-18)22(25)13-8-16-6-10-19(11-7-16)26-15-17-4-2-1-3-5-17/h1-14H,15H2/b13-8+. The first-order valence-corrected chi connectivity index (χ1v) is 8.82. The van der Waals surface area contributed by atoms with E-state index in [1.54, 1.807) is 24.3 Å². The van der Waals surface area contributed by atoms with E-state index in [0.717, 1.165) is 16.9 Å². The maximum Gasteiger partial charge on any atom is 0.187 e. The molecule has 0 amide bonds. The van der Waals surface area contributed by atoms with Gasteiger partial charge in [0, 0.05) is 10.6 Å². The molecule has 0 aliphatic carbocycles. The predicted octanol–water partition coefficient (Wildman–Crippen LogP) is 6.47. The average molecular weight is 383 g/mol. The lowest BCUT2D eigenvalue weighted by molar-refractivity contribution is 0.104. The van der Waals surface area contributed by atoms with Crippen LogP contribution in [-0.2, 0) is 6.61 Å². The zero-order valence-electron chi connectivity index (χ0n) is 13.9. The number of ketones is 1. The molecule has 0 fully saturated rings. The second kappa shape index (κ2) is 8.70. The molecular weight excluding hydrogens is 367 g/mol. The third kappa shape index (κ3) is 4.98. The van der Waals surface area contributed by atoms with Gasteiger partial charge in [0.25, 0.3) is 0 Å². The summed E-state index contributed by atoms with van der Waals surface area (Å²) in [5, 5.41) is 0.846. The van der Waals surface area contributed by atoms with Crippen LogP contribution < -0.4 is 4.74 Å². The maximum absolute atomic E-state index is 12.2. The number of ether oxygens (including phenoxy) is 1. The van der Waals surface area contributed by atoms with Crippen molar-refractivity contribution in [2.75, 3.05) is 0 Å². The van der Waals surface area contributed by atoms with Gasteiger partial charge < -0.3 is 4.74 Å². The molecule has 26 heavy (non-hydrogen) atoms. The molecule has 0 aliphatic heterocycles. The van der Waals surface area contributed by atoms with E-state index in [9.17, 15) is 4.79 Å². The maximum atomic E-state index is 12.2. The topological polar surface area (TPSA) is 26.3 Å². The van der Waals surface area contributed by atoms with E-state index in [4.69, 9.17) is 27.9 Å². The SMILES string of the molecule is O=C(/C=C/c1ccc(OCc2ccccc2)cc1)c1ccc(Cl)cc1Cl. The first-order chi connectivity index (χ1) is 12.6.